The fraction of sp³-hybridized carbons (Fsp3) is 0.500. The summed E-state index contributed by atoms with van der Waals surface area (Å²) >= 11 is 0. The fourth-order valence-corrected chi connectivity index (χ4v) is 2.15. The summed E-state index contributed by atoms with van der Waals surface area (Å²) in [5.74, 6) is 0. The van der Waals surface area contributed by atoms with Crippen LogP contribution in [0.5, 0.6) is 0 Å². The summed E-state index contributed by atoms with van der Waals surface area (Å²) in [6.07, 6.45) is -3.61. The van der Waals surface area contributed by atoms with Crippen molar-refractivity contribution in [2.24, 2.45) is 0 Å². The first-order valence-corrected chi connectivity index (χ1v) is 5.57. The minimum absolute atomic E-state index is 0.205. The molecule has 94 valence electrons. The molecule has 0 aliphatic carbocycles. The molecule has 0 bridgehead atoms. The van der Waals surface area contributed by atoms with Gasteiger partial charge in [0.1, 0.15) is 0 Å². The first-order chi connectivity index (χ1) is 8.00. The molecule has 1 aromatic rings. The van der Waals surface area contributed by atoms with Gasteiger partial charge in [0.2, 0.25) is 0 Å². The zero-order chi connectivity index (χ0) is 12.5. The van der Waals surface area contributed by atoms with Gasteiger partial charge in [-0.15, -0.1) is 0 Å². The number of halogens is 3. The van der Waals surface area contributed by atoms with Crippen molar-refractivity contribution < 1.29 is 13.2 Å². The van der Waals surface area contributed by atoms with E-state index in [1.165, 1.54) is 6.07 Å². The van der Waals surface area contributed by atoms with Crippen molar-refractivity contribution in [2.75, 3.05) is 13.6 Å². The molecule has 1 heterocycles. The SMILES string of the molecule is CNCC1Cc2cc(C(F)(F)F)ccc2CN1. The summed E-state index contributed by atoms with van der Waals surface area (Å²) in [7, 11) is 1.84. The van der Waals surface area contributed by atoms with E-state index >= 15 is 0 Å². The number of benzene rings is 1. The summed E-state index contributed by atoms with van der Waals surface area (Å²) in [5, 5.41) is 6.32. The highest BCUT2D eigenvalue weighted by atomic mass is 19.4. The van der Waals surface area contributed by atoms with Crippen LogP contribution in [0.25, 0.3) is 0 Å². The number of fused-ring (bicyclic) bond motifs is 1. The molecule has 5 heteroatoms. The normalized spacial score (nSPS) is 20.1. The second kappa shape index (κ2) is 4.66. The van der Waals surface area contributed by atoms with Crippen LogP contribution in [-0.4, -0.2) is 19.6 Å². The molecule has 0 amide bonds. The average Bonchev–Trinajstić information content (AvgIpc) is 2.27. The Morgan fingerprint density at radius 2 is 2.12 bits per heavy atom. The predicted octanol–water partition coefficient (Wildman–Crippen LogP) is 1.94. The van der Waals surface area contributed by atoms with Crippen molar-refractivity contribution in [3.05, 3.63) is 34.9 Å². The van der Waals surface area contributed by atoms with Crippen molar-refractivity contribution in [1.29, 1.82) is 0 Å². The molecule has 1 aromatic carbocycles. The van der Waals surface area contributed by atoms with Crippen LogP contribution in [0.4, 0.5) is 13.2 Å². The van der Waals surface area contributed by atoms with E-state index in [-0.39, 0.29) is 6.04 Å². The second-order valence-electron chi connectivity index (χ2n) is 4.32. The third kappa shape index (κ3) is 2.79. The molecular formula is C12H15F3N2. The zero-order valence-electron chi connectivity index (χ0n) is 9.56. The van der Waals surface area contributed by atoms with Crippen LogP contribution in [0.1, 0.15) is 16.7 Å². The zero-order valence-corrected chi connectivity index (χ0v) is 9.56. The van der Waals surface area contributed by atoms with Crippen LogP contribution < -0.4 is 10.6 Å². The molecule has 0 saturated carbocycles. The lowest BCUT2D eigenvalue weighted by atomic mass is 9.94. The van der Waals surface area contributed by atoms with Gasteiger partial charge in [0.25, 0.3) is 0 Å². The Labute approximate surface area is 98.2 Å². The topological polar surface area (TPSA) is 24.1 Å². The second-order valence-corrected chi connectivity index (χ2v) is 4.32. The van der Waals surface area contributed by atoms with Crippen molar-refractivity contribution in [1.82, 2.24) is 10.6 Å². The summed E-state index contributed by atoms with van der Waals surface area (Å²) in [5.41, 5.74) is 1.21. The van der Waals surface area contributed by atoms with Gasteiger partial charge in [-0.2, -0.15) is 13.2 Å². The molecule has 1 aliphatic rings. The molecule has 0 aromatic heterocycles. The Balaban J connectivity index is 2.23. The minimum Gasteiger partial charge on any atom is -0.318 e. The highest BCUT2D eigenvalue weighted by molar-refractivity contribution is 5.35. The number of nitrogens with one attached hydrogen (secondary N) is 2. The summed E-state index contributed by atoms with van der Waals surface area (Å²) in [6.45, 7) is 1.40. The van der Waals surface area contributed by atoms with E-state index in [9.17, 15) is 13.2 Å². The molecular weight excluding hydrogens is 229 g/mol. The highest BCUT2D eigenvalue weighted by Gasteiger charge is 2.31. The standard InChI is InChI=1S/C12H15F3N2/c1-16-7-11-5-9-4-10(12(13,14)15)3-2-8(9)6-17-11/h2-4,11,16-17H,5-7H2,1H3. The van der Waals surface area contributed by atoms with Crippen molar-refractivity contribution in [3.8, 4) is 0 Å². The molecule has 2 rings (SSSR count). The van der Waals surface area contributed by atoms with Gasteiger partial charge in [0.05, 0.1) is 5.56 Å². The minimum atomic E-state index is -4.25. The van der Waals surface area contributed by atoms with E-state index < -0.39 is 11.7 Å². The van der Waals surface area contributed by atoms with E-state index in [1.807, 2.05) is 7.05 Å². The lowest BCUT2D eigenvalue weighted by Gasteiger charge is -2.26. The van der Waals surface area contributed by atoms with E-state index in [0.29, 0.717) is 13.0 Å². The third-order valence-electron chi connectivity index (χ3n) is 3.03. The average molecular weight is 244 g/mol. The first-order valence-electron chi connectivity index (χ1n) is 5.57. The summed E-state index contributed by atoms with van der Waals surface area (Å²) < 4.78 is 37.7. The molecule has 1 unspecified atom stereocenters. The predicted molar refractivity (Wildman–Crippen MR) is 59.7 cm³/mol. The van der Waals surface area contributed by atoms with E-state index in [0.717, 1.165) is 23.7 Å². The van der Waals surface area contributed by atoms with Crippen LogP contribution in [0.15, 0.2) is 18.2 Å². The Morgan fingerprint density at radius 3 is 2.76 bits per heavy atom. The number of likely N-dealkylation sites (N-methyl/N-ethyl adjacent to an activating group) is 1. The van der Waals surface area contributed by atoms with Crippen molar-refractivity contribution in [2.45, 2.75) is 25.2 Å². The monoisotopic (exact) mass is 244 g/mol. The van der Waals surface area contributed by atoms with E-state index in [1.54, 1.807) is 6.07 Å². The van der Waals surface area contributed by atoms with Gasteiger partial charge in [0, 0.05) is 19.1 Å². The van der Waals surface area contributed by atoms with Gasteiger partial charge in [-0.25, -0.2) is 0 Å². The third-order valence-corrected chi connectivity index (χ3v) is 3.03. The van der Waals surface area contributed by atoms with Gasteiger partial charge in [-0.3, -0.25) is 0 Å². The van der Waals surface area contributed by atoms with Gasteiger partial charge in [-0.05, 0) is 36.7 Å². The Kier molecular flexibility index (Phi) is 3.40. The molecule has 2 N–H and O–H groups in total. The first kappa shape index (κ1) is 12.4. The van der Waals surface area contributed by atoms with E-state index in [4.69, 9.17) is 0 Å². The van der Waals surface area contributed by atoms with Crippen LogP contribution in [0.3, 0.4) is 0 Å². The Morgan fingerprint density at radius 1 is 1.35 bits per heavy atom. The van der Waals surface area contributed by atoms with Crippen LogP contribution >= 0.6 is 0 Å². The lowest BCUT2D eigenvalue weighted by Crippen LogP contribution is -2.42. The van der Waals surface area contributed by atoms with Crippen molar-refractivity contribution in [3.63, 3.8) is 0 Å². The maximum absolute atomic E-state index is 12.6. The van der Waals surface area contributed by atoms with Gasteiger partial charge in [-0.1, -0.05) is 6.07 Å². The number of hydrogen-bond donors (Lipinski definition) is 2. The van der Waals surface area contributed by atoms with Crippen LogP contribution in [-0.2, 0) is 19.1 Å². The lowest BCUT2D eigenvalue weighted by molar-refractivity contribution is -0.137. The largest absolute Gasteiger partial charge is 0.416 e. The number of hydrogen-bond acceptors (Lipinski definition) is 2. The molecule has 1 aliphatic heterocycles. The Hall–Kier alpha value is -1.07. The summed E-state index contributed by atoms with van der Waals surface area (Å²) in [4.78, 5) is 0. The molecule has 0 radical (unpaired) electrons. The molecule has 0 fully saturated rings. The van der Waals surface area contributed by atoms with Crippen LogP contribution in [0, 0.1) is 0 Å². The quantitative estimate of drug-likeness (QED) is 0.830. The maximum Gasteiger partial charge on any atom is 0.416 e. The Bertz CT molecular complexity index is 401. The van der Waals surface area contributed by atoms with E-state index in [2.05, 4.69) is 10.6 Å². The van der Waals surface area contributed by atoms with Crippen molar-refractivity contribution >= 4 is 0 Å². The highest BCUT2D eigenvalue weighted by Crippen LogP contribution is 2.31. The maximum atomic E-state index is 12.6. The molecule has 17 heavy (non-hydrogen) atoms. The van der Waals surface area contributed by atoms with Gasteiger partial charge >= 0.3 is 6.18 Å². The van der Waals surface area contributed by atoms with Crippen LogP contribution in [0.2, 0.25) is 0 Å². The van der Waals surface area contributed by atoms with Gasteiger partial charge in [0.15, 0.2) is 0 Å². The fourth-order valence-electron chi connectivity index (χ4n) is 2.15. The molecule has 2 nitrogen and oxygen atoms in total. The number of rotatable bonds is 2. The molecule has 1 atom stereocenters. The smallest absolute Gasteiger partial charge is 0.318 e. The van der Waals surface area contributed by atoms with Gasteiger partial charge < -0.3 is 10.6 Å². The summed E-state index contributed by atoms with van der Waals surface area (Å²) in [6, 6.07) is 4.20. The molecule has 0 spiro atoms. The number of alkyl halides is 3. The molecule has 0 saturated heterocycles.